The standard InChI is InChI=1S/C22H25N5OS/c1-14(2)18-8-4-5-9-19(18)27-20(16-7-6-12-23-13-16)25-26-22(27)29-15(3)21(28)24-17-10-11-17/h4-9,12-15,17H,10-11H2,1-3H3,(H,24,28). The van der Waals surface area contributed by atoms with E-state index in [1.165, 1.54) is 17.3 Å². The number of hydrogen-bond acceptors (Lipinski definition) is 5. The van der Waals surface area contributed by atoms with Gasteiger partial charge < -0.3 is 5.32 Å². The van der Waals surface area contributed by atoms with Crippen molar-refractivity contribution in [2.75, 3.05) is 0 Å². The molecule has 4 rings (SSSR count). The molecule has 0 spiro atoms. The number of rotatable bonds is 7. The lowest BCUT2D eigenvalue weighted by atomic mass is 10.0. The maximum absolute atomic E-state index is 12.5. The fraction of sp³-hybridized carbons (Fsp3) is 0.364. The van der Waals surface area contributed by atoms with E-state index < -0.39 is 0 Å². The van der Waals surface area contributed by atoms with Crippen LogP contribution in [0.4, 0.5) is 0 Å². The number of carbonyl (C=O) groups excluding carboxylic acids is 1. The van der Waals surface area contributed by atoms with E-state index >= 15 is 0 Å². The zero-order valence-corrected chi connectivity index (χ0v) is 17.7. The molecule has 1 amide bonds. The molecule has 2 heterocycles. The third kappa shape index (κ3) is 4.34. The largest absolute Gasteiger partial charge is 0.352 e. The first-order valence-corrected chi connectivity index (χ1v) is 10.8. The van der Waals surface area contributed by atoms with Crippen molar-refractivity contribution < 1.29 is 4.79 Å². The van der Waals surface area contributed by atoms with Crippen LogP contribution in [-0.2, 0) is 4.79 Å². The highest BCUT2D eigenvalue weighted by Crippen LogP contribution is 2.33. The Morgan fingerprint density at radius 2 is 1.93 bits per heavy atom. The Morgan fingerprint density at radius 3 is 2.62 bits per heavy atom. The molecule has 0 saturated heterocycles. The van der Waals surface area contributed by atoms with Gasteiger partial charge in [0.2, 0.25) is 5.91 Å². The fourth-order valence-corrected chi connectivity index (χ4v) is 4.05. The molecule has 29 heavy (non-hydrogen) atoms. The van der Waals surface area contributed by atoms with Crippen LogP contribution in [0.25, 0.3) is 17.1 Å². The summed E-state index contributed by atoms with van der Waals surface area (Å²) in [7, 11) is 0. The van der Waals surface area contributed by atoms with Crippen LogP contribution in [0, 0.1) is 0 Å². The second-order valence-corrected chi connectivity index (χ2v) is 8.95. The molecule has 3 aromatic rings. The van der Waals surface area contributed by atoms with E-state index in [9.17, 15) is 4.79 Å². The van der Waals surface area contributed by atoms with Crippen molar-refractivity contribution in [2.45, 2.75) is 56.0 Å². The summed E-state index contributed by atoms with van der Waals surface area (Å²) in [6.07, 6.45) is 5.68. The van der Waals surface area contributed by atoms with Crippen LogP contribution in [0.2, 0.25) is 0 Å². The average molecular weight is 408 g/mol. The summed E-state index contributed by atoms with van der Waals surface area (Å²) < 4.78 is 2.05. The molecular formula is C22H25N5OS. The number of hydrogen-bond donors (Lipinski definition) is 1. The molecule has 1 aliphatic rings. The molecule has 1 unspecified atom stereocenters. The topological polar surface area (TPSA) is 72.7 Å². The Labute approximate surface area is 175 Å². The summed E-state index contributed by atoms with van der Waals surface area (Å²) in [5.41, 5.74) is 3.12. The van der Waals surface area contributed by atoms with Crippen molar-refractivity contribution in [1.82, 2.24) is 25.1 Å². The second kappa shape index (κ2) is 8.37. The molecule has 1 saturated carbocycles. The van der Waals surface area contributed by atoms with Gasteiger partial charge in [-0.15, -0.1) is 10.2 Å². The minimum absolute atomic E-state index is 0.0483. The van der Waals surface area contributed by atoms with Crippen molar-refractivity contribution in [3.05, 3.63) is 54.4 Å². The Balaban J connectivity index is 1.76. The number of nitrogens with one attached hydrogen (secondary N) is 1. The van der Waals surface area contributed by atoms with E-state index in [1.807, 2.05) is 31.2 Å². The van der Waals surface area contributed by atoms with Gasteiger partial charge in [-0.25, -0.2) is 0 Å². The van der Waals surface area contributed by atoms with Crippen LogP contribution in [0.3, 0.4) is 0 Å². The quantitative estimate of drug-likeness (QED) is 0.594. The number of benzene rings is 1. The molecule has 1 N–H and O–H groups in total. The van der Waals surface area contributed by atoms with Crippen LogP contribution in [0.5, 0.6) is 0 Å². The Kier molecular flexibility index (Phi) is 5.67. The predicted octanol–water partition coefficient (Wildman–Crippen LogP) is 4.21. The Bertz CT molecular complexity index is 997. The van der Waals surface area contributed by atoms with Gasteiger partial charge in [-0.3, -0.25) is 14.3 Å². The molecular weight excluding hydrogens is 382 g/mol. The molecule has 2 aromatic heterocycles. The first-order valence-electron chi connectivity index (χ1n) is 9.96. The molecule has 150 valence electrons. The highest BCUT2D eigenvalue weighted by molar-refractivity contribution is 8.00. The van der Waals surface area contributed by atoms with E-state index in [0.717, 1.165) is 29.9 Å². The smallest absolute Gasteiger partial charge is 0.233 e. The average Bonchev–Trinajstić information content (AvgIpc) is 3.45. The third-order valence-corrected chi connectivity index (χ3v) is 5.97. The van der Waals surface area contributed by atoms with Crippen LogP contribution >= 0.6 is 11.8 Å². The van der Waals surface area contributed by atoms with Crippen LogP contribution < -0.4 is 5.32 Å². The van der Waals surface area contributed by atoms with Gasteiger partial charge in [0, 0.05) is 24.0 Å². The number of carbonyl (C=O) groups is 1. The van der Waals surface area contributed by atoms with Gasteiger partial charge in [-0.05, 0) is 49.4 Å². The van der Waals surface area contributed by atoms with Crippen LogP contribution in [0.15, 0.2) is 53.9 Å². The van der Waals surface area contributed by atoms with Gasteiger partial charge in [0.25, 0.3) is 0 Å². The lowest BCUT2D eigenvalue weighted by molar-refractivity contribution is -0.120. The van der Waals surface area contributed by atoms with Gasteiger partial charge in [-0.1, -0.05) is 43.8 Å². The van der Waals surface area contributed by atoms with Gasteiger partial charge in [0.15, 0.2) is 11.0 Å². The van der Waals surface area contributed by atoms with Crippen molar-refractivity contribution >= 4 is 17.7 Å². The molecule has 0 bridgehead atoms. The van der Waals surface area contributed by atoms with E-state index in [0.29, 0.717) is 17.1 Å². The van der Waals surface area contributed by atoms with Crippen molar-refractivity contribution in [1.29, 1.82) is 0 Å². The second-order valence-electron chi connectivity index (χ2n) is 7.64. The van der Waals surface area contributed by atoms with E-state index in [4.69, 9.17) is 0 Å². The number of para-hydroxylation sites is 1. The maximum Gasteiger partial charge on any atom is 0.233 e. The van der Waals surface area contributed by atoms with Gasteiger partial charge in [0.1, 0.15) is 0 Å². The lowest BCUT2D eigenvalue weighted by Crippen LogP contribution is -2.32. The van der Waals surface area contributed by atoms with Gasteiger partial charge >= 0.3 is 0 Å². The highest BCUT2D eigenvalue weighted by Gasteiger charge is 2.28. The van der Waals surface area contributed by atoms with Crippen molar-refractivity contribution in [3.8, 4) is 17.1 Å². The molecule has 1 atom stereocenters. The number of thioether (sulfide) groups is 1. The molecule has 1 fully saturated rings. The summed E-state index contributed by atoms with van der Waals surface area (Å²) in [4.78, 5) is 16.7. The van der Waals surface area contributed by atoms with Gasteiger partial charge in [-0.2, -0.15) is 0 Å². The van der Waals surface area contributed by atoms with E-state index in [1.54, 1.807) is 12.4 Å². The zero-order chi connectivity index (χ0) is 20.4. The summed E-state index contributed by atoms with van der Waals surface area (Å²) in [5.74, 6) is 1.11. The molecule has 7 heteroatoms. The SMILES string of the molecule is CC(Sc1nnc(-c2cccnc2)n1-c1ccccc1C(C)C)C(=O)NC1CC1. The first kappa shape index (κ1) is 19.6. The fourth-order valence-electron chi connectivity index (χ4n) is 3.18. The molecule has 6 nitrogen and oxygen atoms in total. The highest BCUT2D eigenvalue weighted by atomic mass is 32.2. The van der Waals surface area contributed by atoms with Crippen molar-refractivity contribution in [2.24, 2.45) is 0 Å². The monoisotopic (exact) mass is 407 g/mol. The summed E-state index contributed by atoms with van der Waals surface area (Å²) in [6.45, 7) is 6.26. The normalized spacial score (nSPS) is 14.8. The van der Waals surface area contributed by atoms with Crippen LogP contribution in [-0.4, -0.2) is 36.9 Å². The Morgan fingerprint density at radius 1 is 1.14 bits per heavy atom. The maximum atomic E-state index is 12.5. The zero-order valence-electron chi connectivity index (χ0n) is 16.9. The molecule has 0 radical (unpaired) electrons. The summed E-state index contributed by atoms with van der Waals surface area (Å²) in [5, 5.41) is 12.4. The third-order valence-electron chi connectivity index (χ3n) is 4.93. The minimum Gasteiger partial charge on any atom is -0.352 e. The minimum atomic E-state index is -0.258. The number of nitrogens with zero attached hydrogens (tertiary/aromatic N) is 4. The number of amides is 1. The predicted molar refractivity (Wildman–Crippen MR) is 115 cm³/mol. The Hall–Kier alpha value is -2.67. The molecule has 1 aliphatic carbocycles. The summed E-state index contributed by atoms with van der Waals surface area (Å²) in [6, 6.07) is 12.5. The number of aromatic nitrogens is 4. The number of pyridine rings is 1. The van der Waals surface area contributed by atoms with Crippen molar-refractivity contribution in [3.63, 3.8) is 0 Å². The molecule has 1 aromatic carbocycles. The van der Waals surface area contributed by atoms with E-state index in [-0.39, 0.29) is 11.2 Å². The summed E-state index contributed by atoms with van der Waals surface area (Å²) >= 11 is 1.44. The first-order chi connectivity index (χ1) is 14.0. The van der Waals surface area contributed by atoms with Crippen LogP contribution in [0.1, 0.15) is 45.1 Å². The van der Waals surface area contributed by atoms with Gasteiger partial charge in [0.05, 0.1) is 10.9 Å². The van der Waals surface area contributed by atoms with E-state index in [2.05, 4.69) is 51.0 Å². The molecule has 0 aliphatic heterocycles. The lowest BCUT2D eigenvalue weighted by Gasteiger charge is -2.18.